The van der Waals surface area contributed by atoms with Gasteiger partial charge < -0.3 is 10.5 Å². The van der Waals surface area contributed by atoms with E-state index in [1.165, 1.54) is 26.4 Å². The third-order valence-electron chi connectivity index (χ3n) is 2.45. The number of nitrogens with two attached hydrogens (primary N) is 1. The molecule has 0 aliphatic rings. The Morgan fingerprint density at radius 3 is 2.82 bits per heavy atom. The highest BCUT2D eigenvalue weighted by Crippen LogP contribution is 2.24. The summed E-state index contributed by atoms with van der Waals surface area (Å²) in [6.45, 7) is 2.18. The molecule has 2 N–H and O–H groups in total. The number of esters is 1. The second-order valence-corrected chi connectivity index (χ2v) is 4.96. The van der Waals surface area contributed by atoms with Crippen molar-refractivity contribution in [3.8, 4) is 0 Å². The van der Waals surface area contributed by atoms with Crippen molar-refractivity contribution in [2.75, 3.05) is 18.6 Å². The lowest BCUT2D eigenvalue weighted by atomic mass is 10.2. The van der Waals surface area contributed by atoms with Crippen LogP contribution in [0.1, 0.15) is 36.5 Å². The van der Waals surface area contributed by atoms with Crippen molar-refractivity contribution in [2.24, 2.45) is 0 Å². The molecule has 0 fully saturated rings. The van der Waals surface area contributed by atoms with E-state index in [0.717, 1.165) is 10.6 Å². The zero-order valence-corrected chi connectivity index (χ0v) is 11.2. The van der Waals surface area contributed by atoms with E-state index in [1.54, 1.807) is 23.9 Å². The molecule has 0 aliphatic carbocycles. The molecule has 0 atom stereocenters. The summed E-state index contributed by atoms with van der Waals surface area (Å²) in [5.74, 6) is 0.691. The normalized spacial score (nSPS) is 10.2. The SMILES string of the molecule is CCCCCSc1ccc(N)c(C(=O)OC)c1. The van der Waals surface area contributed by atoms with Gasteiger partial charge in [-0.05, 0) is 30.4 Å². The topological polar surface area (TPSA) is 52.3 Å². The average Bonchev–Trinajstić information content (AvgIpc) is 2.35. The van der Waals surface area contributed by atoms with E-state index >= 15 is 0 Å². The molecule has 0 aliphatic heterocycles. The van der Waals surface area contributed by atoms with E-state index < -0.39 is 0 Å². The minimum Gasteiger partial charge on any atom is -0.465 e. The summed E-state index contributed by atoms with van der Waals surface area (Å²) in [7, 11) is 1.36. The van der Waals surface area contributed by atoms with Gasteiger partial charge in [-0.15, -0.1) is 11.8 Å². The van der Waals surface area contributed by atoms with Gasteiger partial charge >= 0.3 is 5.97 Å². The first-order valence-electron chi connectivity index (χ1n) is 5.79. The van der Waals surface area contributed by atoms with Crippen molar-refractivity contribution in [3.63, 3.8) is 0 Å². The average molecular weight is 253 g/mol. The maximum Gasteiger partial charge on any atom is 0.339 e. The Balaban J connectivity index is 2.65. The minimum atomic E-state index is -0.376. The fourth-order valence-corrected chi connectivity index (χ4v) is 2.40. The standard InChI is InChI=1S/C13H19NO2S/c1-3-4-5-8-17-10-6-7-12(14)11(9-10)13(15)16-2/h6-7,9H,3-5,8,14H2,1-2H3. The molecular weight excluding hydrogens is 234 g/mol. The molecule has 0 aromatic heterocycles. The second-order valence-electron chi connectivity index (χ2n) is 3.80. The lowest BCUT2D eigenvalue weighted by Crippen LogP contribution is -2.05. The first-order chi connectivity index (χ1) is 8.19. The van der Waals surface area contributed by atoms with E-state index in [2.05, 4.69) is 11.7 Å². The van der Waals surface area contributed by atoms with Gasteiger partial charge in [0.15, 0.2) is 0 Å². The van der Waals surface area contributed by atoms with Gasteiger partial charge in [-0.25, -0.2) is 4.79 Å². The van der Waals surface area contributed by atoms with Crippen molar-refractivity contribution >= 4 is 23.4 Å². The first-order valence-corrected chi connectivity index (χ1v) is 6.78. The Kier molecular flexibility index (Phi) is 5.91. The van der Waals surface area contributed by atoms with Crippen LogP contribution < -0.4 is 5.73 Å². The lowest BCUT2D eigenvalue weighted by Gasteiger charge is -2.06. The van der Waals surface area contributed by atoms with Crippen LogP contribution in [0.3, 0.4) is 0 Å². The van der Waals surface area contributed by atoms with Crippen LogP contribution in [0.15, 0.2) is 23.1 Å². The zero-order valence-electron chi connectivity index (χ0n) is 10.4. The van der Waals surface area contributed by atoms with Crippen LogP contribution in [0, 0.1) is 0 Å². The molecule has 0 bridgehead atoms. The van der Waals surface area contributed by atoms with Gasteiger partial charge in [-0.1, -0.05) is 19.8 Å². The molecule has 94 valence electrons. The number of carbonyl (C=O) groups is 1. The number of methoxy groups -OCH3 is 1. The van der Waals surface area contributed by atoms with Crippen LogP contribution in [-0.2, 0) is 4.74 Å². The number of hydrogen-bond donors (Lipinski definition) is 1. The summed E-state index contributed by atoms with van der Waals surface area (Å²) in [6.07, 6.45) is 3.65. The largest absolute Gasteiger partial charge is 0.465 e. The van der Waals surface area contributed by atoms with Crippen LogP contribution in [0.2, 0.25) is 0 Å². The number of carbonyl (C=O) groups excluding carboxylic acids is 1. The van der Waals surface area contributed by atoms with Crippen molar-refractivity contribution in [1.82, 2.24) is 0 Å². The summed E-state index contributed by atoms with van der Waals surface area (Å²) in [4.78, 5) is 12.5. The van der Waals surface area contributed by atoms with Crippen LogP contribution in [-0.4, -0.2) is 18.8 Å². The van der Waals surface area contributed by atoms with Crippen LogP contribution in [0.25, 0.3) is 0 Å². The molecule has 0 heterocycles. The number of hydrogen-bond acceptors (Lipinski definition) is 4. The maximum absolute atomic E-state index is 11.5. The molecule has 17 heavy (non-hydrogen) atoms. The summed E-state index contributed by atoms with van der Waals surface area (Å²) < 4.78 is 4.69. The summed E-state index contributed by atoms with van der Waals surface area (Å²) in [6, 6.07) is 5.50. The van der Waals surface area contributed by atoms with Crippen LogP contribution >= 0.6 is 11.8 Å². The molecule has 0 unspecified atom stereocenters. The highest BCUT2D eigenvalue weighted by atomic mass is 32.2. The van der Waals surface area contributed by atoms with E-state index in [4.69, 9.17) is 5.73 Å². The van der Waals surface area contributed by atoms with Gasteiger partial charge in [-0.2, -0.15) is 0 Å². The summed E-state index contributed by atoms with van der Waals surface area (Å²) >= 11 is 1.75. The molecule has 1 rings (SSSR count). The molecule has 1 aromatic rings. The number of nitrogen functional groups attached to an aromatic ring is 1. The molecule has 0 saturated carbocycles. The predicted molar refractivity (Wildman–Crippen MR) is 72.4 cm³/mol. The smallest absolute Gasteiger partial charge is 0.339 e. The van der Waals surface area contributed by atoms with E-state index in [-0.39, 0.29) is 5.97 Å². The number of unbranched alkanes of at least 4 members (excludes halogenated alkanes) is 2. The summed E-state index contributed by atoms with van der Waals surface area (Å²) in [5.41, 5.74) is 6.65. The highest BCUT2D eigenvalue weighted by molar-refractivity contribution is 7.99. The number of anilines is 1. The van der Waals surface area contributed by atoms with Crippen molar-refractivity contribution in [2.45, 2.75) is 31.1 Å². The molecule has 0 amide bonds. The Labute approximate surface area is 107 Å². The zero-order chi connectivity index (χ0) is 12.7. The van der Waals surface area contributed by atoms with Crippen molar-refractivity contribution in [3.05, 3.63) is 23.8 Å². The number of ether oxygens (including phenoxy) is 1. The quantitative estimate of drug-likeness (QED) is 0.365. The van der Waals surface area contributed by atoms with Gasteiger partial charge in [0.2, 0.25) is 0 Å². The third-order valence-corrected chi connectivity index (χ3v) is 3.53. The van der Waals surface area contributed by atoms with E-state index in [9.17, 15) is 4.79 Å². The summed E-state index contributed by atoms with van der Waals surface area (Å²) in [5, 5.41) is 0. The van der Waals surface area contributed by atoms with Crippen LogP contribution in [0.4, 0.5) is 5.69 Å². The predicted octanol–water partition coefficient (Wildman–Crippen LogP) is 3.34. The molecule has 0 radical (unpaired) electrons. The Hall–Kier alpha value is -1.16. The van der Waals surface area contributed by atoms with Gasteiger partial charge in [0.05, 0.1) is 12.7 Å². The van der Waals surface area contributed by atoms with Gasteiger partial charge in [0, 0.05) is 10.6 Å². The van der Waals surface area contributed by atoms with Gasteiger partial charge in [0.25, 0.3) is 0 Å². The van der Waals surface area contributed by atoms with E-state index in [1.807, 2.05) is 6.07 Å². The van der Waals surface area contributed by atoms with Crippen LogP contribution in [0.5, 0.6) is 0 Å². The Morgan fingerprint density at radius 1 is 1.41 bits per heavy atom. The number of rotatable bonds is 6. The molecule has 3 nitrogen and oxygen atoms in total. The first kappa shape index (κ1) is 13.9. The fourth-order valence-electron chi connectivity index (χ4n) is 1.45. The molecule has 0 spiro atoms. The number of benzene rings is 1. The Morgan fingerprint density at radius 2 is 2.18 bits per heavy atom. The van der Waals surface area contributed by atoms with Gasteiger partial charge in [0.1, 0.15) is 0 Å². The Bertz CT molecular complexity index is 380. The number of thioether (sulfide) groups is 1. The third kappa shape index (κ3) is 4.30. The molecule has 4 heteroatoms. The van der Waals surface area contributed by atoms with Crippen molar-refractivity contribution in [1.29, 1.82) is 0 Å². The molecule has 1 aromatic carbocycles. The van der Waals surface area contributed by atoms with Gasteiger partial charge in [-0.3, -0.25) is 0 Å². The molecular formula is C13H19NO2S. The minimum absolute atomic E-state index is 0.376. The maximum atomic E-state index is 11.5. The fraction of sp³-hybridized carbons (Fsp3) is 0.462. The second kappa shape index (κ2) is 7.22. The highest BCUT2D eigenvalue weighted by Gasteiger charge is 2.10. The monoisotopic (exact) mass is 253 g/mol. The lowest BCUT2D eigenvalue weighted by molar-refractivity contribution is 0.0601. The molecule has 0 saturated heterocycles. The van der Waals surface area contributed by atoms with E-state index in [0.29, 0.717) is 11.3 Å². The van der Waals surface area contributed by atoms with Crippen molar-refractivity contribution < 1.29 is 9.53 Å².